The number of hydrogen-bond acceptors (Lipinski definition) is 2. The van der Waals surface area contributed by atoms with E-state index in [1.807, 2.05) is 42.5 Å². The van der Waals surface area contributed by atoms with Crippen LogP contribution in [-0.2, 0) is 11.3 Å². The van der Waals surface area contributed by atoms with Gasteiger partial charge in [-0.2, -0.15) is 0 Å². The topological polar surface area (TPSA) is 46.5 Å². The molecule has 21 heavy (non-hydrogen) atoms. The highest BCUT2D eigenvalue weighted by Crippen LogP contribution is 2.12. The Labute approximate surface area is 122 Å². The Morgan fingerprint density at radius 2 is 1.95 bits per heavy atom. The zero-order chi connectivity index (χ0) is 15.1. The zero-order valence-electron chi connectivity index (χ0n) is 11.3. The first-order chi connectivity index (χ1) is 10.2. The summed E-state index contributed by atoms with van der Waals surface area (Å²) in [5.74, 6) is -1.71. The van der Waals surface area contributed by atoms with Crippen molar-refractivity contribution >= 4 is 12.0 Å². The van der Waals surface area contributed by atoms with E-state index in [2.05, 4.69) is 0 Å². The van der Waals surface area contributed by atoms with Gasteiger partial charge in [-0.1, -0.05) is 48.6 Å². The second-order valence-corrected chi connectivity index (χ2v) is 4.44. The predicted octanol–water partition coefficient (Wildman–Crippen LogP) is 3.75. The van der Waals surface area contributed by atoms with Crippen molar-refractivity contribution in [2.24, 2.45) is 0 Å². The van der Waals surface area contributed by atoms with Gasteiger partial charge in [0.25, 0.3) is 0 Å². The van der Waals surface area contributed by atoms with Crippen LogP contribution in [0.3, 0.4) is 0 Å². The van der Waals surface area contributed by atoms with E-state index in [0.29, 0.717) is 12.2 Å². The third kappa shape index (κ3) is 4.54. The summed E-state index contributed by atoms with van der Waals surface area (Å²) in [7, 11) is 0. The smallest absolute Gasteiger partial charge is 0.335 e. The highest BCUT2D eigenvalue weighted by molar-refractivity contribution is 5.87. The lowest BCUT2D eigenvalue weighted by Gasteiger charge is -2.04. The minimum Gasteiger partial charge on any atom is -0.478 e. The first-order valence-electron chi connectivity index (χ1n) is 6.48. The quantitative estimate of drug-likeness (QED) is 0.823. The lowest BCUT2D eigenvalue weighted by atomic mass is 10.1. The predicted molar refractivity (Wildman–Crippen MR) is 78.5 cm³/mol. The van der Waals surface area contributed by atoms with Crippen molar-refractivity contribution in [3.8, 4) is 0 Å². The van der Waals surface area contributed by atoms with Crippen LogP contribution in [0, 0.1) is 5.82 Å². The summed E-state index contributed by atoms with van der Waals surface area (Å²) in [4.78, 5) is 10.7. The molecule has 0 aliphatic rings. The third-order valence-electron chi connectivity index (χ3n) is 2.88. The molecule has 0 saturated heterocycles. The molecule has 108 valence electrons. The summed E-state index contributed by atoms with van der Waals surface area (Å²) in [6.45, 7) is 0.458. The first-order valence-corrected chi connectivity index (χ1v) is 6.48. The molecule has 0 fully saturated rings. The molecule has 3 nitrogen and oxygen atoms in total. The van der Waals surface area contributed by atoms with Crippen molar-refractivity contribution in [1.29, 1.82) is 0 Å². The monoisotopic (exact) mass is 286 g/mol. The van der Waals surface area contributed by atoms with Crippen molar-refractivity contribution in [3.05, 3.63) is 77.1 Å². The molecule has 4 heteroatoms. The summed E-state index contributed by atoms with van der Waals surface area (Å²) < 4.78 is 19.0. The minimum atomic E-state index is -1.15. The van der Waals surface area contributed by atoms with Crippen molar-refractivity contribution in [2.45, 2.75) is 6.61 Å². The molecule has 2 rings (SSSR count). The third-order valence-corrected chi connectivity index (χ3v) is 2.88. The molecule has 0 unspecified atom stereocenters. The van der Waals surface area contributed by atoms with E-state index in [1.165, 1.54) is 12.1 Å². The van der Waals surface area contributed by atoms with E-state index in [4.69, 9.17) is 9.84 Å². The van der Waals surface area contributed by atoms with Crippen molar-refractivity contribution in [3.63, 3.8) is 0 Å². The highest BCUT2D eigenvalue weighted by atomic mass is 19.1. The fraction of sp³-hybridized carbons (Fsp3) is 0.118. The average molecular weight is 286 g/mol. The molecule has 0 saturated carbocycles. The SMILES string of the molecule is O=C(O)c1ccc(COCC=Cc2ccccc2)c(F)c1. The summed E-state index contributed by atoms with van der Waals surface area (Å²) >= 11 is 0. The molecule has 0 radical (unpaired) electrons. The van der Waals surface area contributed by atoms with Crippen LogP contribution in [0.4, 0.5) is 4.39 Å². The maximum atomic E-state index is 13.6. The van der Waals surface area contributed by atoms with E-state index in [1.54, 1.807) is 0 Å². The Morgan fingerprint density at radius 3 is 2.62 bits per heavy atom. The van der Waals surface area contributed by atoms with Crippen LogP contribution in [0.5, 0.6) is 0 Å². The van der Waals surface area contributed by atoms with Crippen LogP contribution in [0.2, 0.25) is 0 Å². The summed E-state index contributed by atoms with van der Waals surface area (Å²) in [6, 6.07) is 13.6. The summed E-state index contributed by atoms with van der Waals surface area (Å²) in [6.07, 6.45) is 3.77. The van der Waals surface area contributed by atoms with Crippen LogP contribution >= 0.6 is 0 Å². The van der Waals surface area contributed by atoms with Gasteiger partial charge in [0.05, 0.1) is 18.8 Å². The number of benzene rings is 2. The Morgan fingerprint density at radius 1 is 1.19 bits per heavy atom. The fourth-order valence-corrected chi connectivity index (χ4v) is 1.78. The molecule has 0 aromatic heterocycles. The molecule has 0 aliphatic heterocycles. The van der Waals surface area contributed by atoms with E-state index in [9.17, 15) is 9.18 Å². The van der Waals surface area contributed by atoms with E-state index in [0.717, 1.165) is 11.6 Å². The highest BCUT2D eigenvalue weighted by Gasteiger charge is 2.07. The minimum absolute atomic E-state index is 0.0692. The standard InChI is InChI=1S/C17H15FO3/c18-16-11-14(17(19)20)8-9-15(16)12-21-10-4-7-13-5-2-1-3-6-13/h1-9,11H,10,12H2,(H,19,20). The van der Waals surface area contributed by atoms with Gasteiger partial charge in [0.1, 0.15) is 5.82 Å². The molecule has 0 heterocycles. The van der Waals surface area contributed by atoms with Crippen molar-refractivity contribution in [1.82, 2.24) is 0 Å². The summed E-state index contributed by atoms with van der Waals surface area (Å²) in [5, 5.41) is 8.75. The number of halogens is 1. The molecule has 0 amide bonds. The lowest BCUT2D eigenvalue weighted by Crippen LogP contribution is -2.01. The normalized spacial score (nSPS) is 10.9. The van der Waals surface area contributed by atoms with Gasteiger partial charge in [0.2, 0.25) is 0 Å². The van der Waals surface area contributed by atoms with E-state index >= 15 is 0 Å². The zero-order valence-corrected chi connectivity index (χ0v) is 11.3. The Balaban J connectivity index is 1.84. The van der Waals surface area contributed by atoms with Gasteiger partial charge in [0.15, 0.2) is 0 Å². The molecule has 0 atom stereocenters. The van der Waals surface area contributed by atoms with Crippen LogP contribution < -0.4 is 0 Å². The second-order valence-electron chi connectivity index (χ2n) is 4.44. The maximum absolute atomic E-state index is 13.6. The van der Waals surface area contributed by atoms with Crippen molar-refractivity contribution < 1.29 is 19.0 Å². The lowest BCUT2D eigenvalue weighted by molar-refractivity contribution is 0.0696. The van der Waals surface area contributed by atoms with Crippen molar-refractivity contribution in [2.75, 3.05) is 6.61 Å². The number of aromatic carboxylic acids is 1. The Bertz CT molecular complexity index is 636. The van der Waals surface area contributed by atoms with Gasteiger partial charge >= 0.3 is 5.97 Å². The second kappa shape index (κ2) is 7.36. The number of carboxylic acid groups (broad SMARTS) is 1. The Kier molecular flexibility index (Phi) is 5.23. The van der Waals surface area contributed by atoms with Gasteiger partial charge in [-0.15, -0.1) is 0 Å². The molecular weight excluding hydrogens is 271 g/mol. The summed E-state index contributed by atoms with van der Waals surface area (Å²) in [5.41, 5.74) is 1.34. The van der Waals surface area contributed by atoms with Gasteiger partial charge in [-0.05, 0) is 17.7 Å². The Hall–Kier alpha value is -2.46. The molecule has 0 bridgehead atoms. The molecule has 0 spiro atoms. The van der Waals surface area contributed by atoms with E-state index in [-0.39, 0.29) is 12.2 Å². The number of ether oxygens (including phenoxy) is 1. The first kappa shape index (κ1) is 14.9. The van der Waals surface area contributed by atoms with Gasteiger partial charge in [-0.25, -0.2) is 9.18 Å². The van der Waals surface area contributed by atoms with Crippen LogP contribution in [0.25, 0.3) is 6.08 Å². The van der Waals surface area contributed by atoms with Crippen LogP contribution in [0.1, 0.15) is 21.5 Å². The molecular formula is C17H15FO3. The maximum Gasteiger partial charge on any atom is 0.335 e. The molecule has 2 aromatic carbocycles. The van der Waals surface area contributed by atoms with Crippen LogP contribution in [0.15, 0.2) is 54.6 Å². The van der Waals surface area contributed by atoms with Gasteiger partial charge < -0.3 is 9.84 Å². The van der Waals surface area contributed by atoms with E-state index < -0.39 is 11.8 Å². The van der Waals surface area contributed by atoms with Gasteiger partial charge in [0, 0.05) is 5.56 Å². The number of carbonyl (C=O) groups is 1. The number of carboxylic acids is 1. The fourth-order valence-electron chi connectivity index (χ4n) is 1.78. The van der Waals surface area contributed by atoms with Crippen LogP contribution in [-0.4, -0.2) is 17.7 Å². The average Bonchev–Trinajstić information content (AvgIpc) is 2.49. The largest absolute Gasteiger partial charge is 0.478 e. The molecule has 0 aliphatic carbocycles. The number of hydrogen-bond donors (Lipinski definition) is 1. The molecule has 2 aromatic rings. The van der Waals surface area contributed by atoms with Gasteiger partial charge in [-0.3, -0.25) is 0 Å². The molecule has 1 N–H and O–H groups in total. The number of rotatable bonds is 6.